The van der Waals surface area contributed by atoms with Crippen molar-refractivity contribution >= 4 is 40.1 Å². The summed E-state index contributed by atoms with van der Waals surface area (Å²) in [6.07, 6.45) is 0.977. The number of urea groups is 1. The molecule has 0 aliphatic carbocycles. The molecule has 0 aliphatic heterocycles. The summed E-state index contributed by atoms with van der Waals surface area (Å²) in [6, 6.07) is 28.0. The SMILES string of the molecule is COC(=O)Cc1ccc(-c2nc(NC(=O)N(CCC(c3ccccc3)c3ccccc3)C(C)C)sc2Cl)cc1. The van der Waals surface area contributed by atoms with Crippen LogP contribution in [0.25, 0.3) is 11.3 Å². The molecule has 0 bridgehead atoms. The molecule has 1 N–H and O–H groups in total. The molecule has 6 nitrogen and oxygen atoms in total. The normalized spacial score (nSPS) is 11.0. The third-order valence-corrected chi connectivity index (χ3v) is 7.72. The zero-order valence-corrected chi connectivity index (χ0v) is 23.8. The number of amides is 2. The number of methoxy groups -OCH3 is 1. The molecule has 0 fully saturated rings. The van der Waals surface area contributed by atoms with Gasteiger partial charge < -0.3 is 9.64 Å². The number of benzene rings is 3. The fraction of sp³-hybridized carbons (Fsp3) is 0.258. The Hall–Kier alpha value is -3.68. The molecule has 39 heavy (non-hydrogen) atoms. The number of hydrogen-bond donors (Lipinski definition) is 1. The molecule has 3 aromatic carbocycles. The number of halogens is 1. The second-order valence-corrected chi connectivity index (χ2v) is 11.1. The van der Waals surface area contributed by atoms with E-state index >= 15 is 0 Å². The number of rotatable bonds is 10. The summed E-state index contributed by atoms with van der Waals surface area (Å²) in [5.41, 5.74) is 4.68. The van der Waals surface area contributed by atoms with Crippen LogP contribution in [0.15, 0.2) is 84.9 Å². The largest absolute Gasteiger partial charge is 0.469 e. The molecule has 1 aromatic heterocycles. The third-order valence-electron chi connectivity index (χ3n) is 6.55. The summed E-state index contributed by atoms with van der Waals surface area (Å²) in [5.74, 6) is -0.127. The van der Waals surface area contributed by atoms with Crippen molar-refractivity contribution in [1.29, 1.82) is 0 Å². The summed E-state index contributed by atoms with van der Waals surface area (Å²) < 4.78 is 5.21. The Morgan fingerprint density at radius 2 is 1.54 bits per heavy atom. The molecule has 0 atom stereocenters. The second kappa shape index (κ2) is 13.4. The molecule has 1 heterocycles. The first-order chi connectivity index (χ1) is 18.9. The van der Waals surface area contributed by atoms with Crippen LogP contribution < -0.4 is 5.32 Å². The Bertz CT molecular complexity index is 1340. The van der Waals surface area contributed by atoms with Gasteiger partial charge in [0.05, 0.1) is 13.5 Å². The van der Waals surface area contributed by atoms with Gasteiger partial charge in [-0.25, -0.2) is 9.78 Å². The number of anilines is 1. The van der Waals surface area contributed by atoms with Gasteiger partial charge in [0.1, 0.15) is 10.0 Å². The lowest BCUT2D eigenvalue weighted by Gasteiger charge is -2.29. The fourth-order valence-corrected chi connectivity index (χ4v) is 5.55. The number of nitrogens with zero attached hydrogens (tertiary/aromatic N) is 2. The zero-order chi connectivity index (χ0) is 27.8. The van der Waals surface area contributed by atoms with Crippen LogP contribution in [0.3, 0.4) is 0 Å². The summed E-state index contributed by atoms with van der Waals surface area (Å²) in [4.78, 5) is 31.3. The zero-order valence-electron chi connectivity index (χ0n) is 22.3. The van der Waals surface area contributed by atoms with Gasteiger partial charge in [-0.1, -0.05) is 108 Å². The minimum Gasteiger partial charge on any atom is -0.469 e. The van der Waals surface area contributed by atoms with Crippen molar-refractivity contribution in [3.8, 4) is 11.3 Å². The number of hydrogen-bond acceptors (Lipinski definition) is 5. The van der Waals surface area contributed by atoms with Crippen LogP contribution in [0.1, 0.15) is 42.9 Å². The maximum Gasteiger partial charge on any atom is 0.323 e. The fourth-order valence-electron chi connectivity index (χ4n) is 4.47. The van der Waals surface area contributed by atoms with Gasteiger partial charge >= 0.3 is 12.0 Å². The molecule has 0 aliphatic rings. The van der Waals surface area contributed by atoms with Gasteiger partial charge in [-0.2, -0.15) is 0 Å². The van der Waals surface area contributed by atoms with Gasteiger partial charge in [-0.15, -0.1) is 0 Å². The van der Waals surface area contributed by atoms with Crippen LogP contribution in [0.4, 0.5) is 9.93 Å². The van der Waals surface area contributed by atoms with Crippen LogP contribution >= 0.6 is 22.9 Å². The number of carbonyl (C=O) groups excluding carboxylic acids is 2. The van der Waals surface area contributed by atoms with E-state index in [1.807, 2.05) is 55.1 Å². The highest BCUT2D eigenvalue weighted by molar-refractivity contribution is 7.20. The first-order valence-corrected chi connectivity index (χ1v) is 14.0. The quantitative estimate of drug-likeness (QED) is 0.202. The van der Waals surface area contributed by atoms with Crippen LogP contribution in [-0.4, -0.2) is 41.6 Å². The third kappa shape index (κ3) is 7.46. The number of aromatic nitrogens is 1. The highest BCUT2D eigenvalue weighted by Crippen LogP contribution is 2.36. The monoisotopic (exact) mass is 561 g/mol. The number of nitrogens with one attached hydrogen (secondary N) is 1. The molecule has 4 rings (SSSR count). The van der Waals surface area contributed by atoms with Crippen molar-refractivity contribution in [2.24, 2.45) is 0 Å². The predicted molar refractivity (Wildman–Crippen MR) is 158 cm³/mol. The lowest BCUT2D eigenvalue weighted by molar-refractivity contribution is -0.139. The molecule has 2 amide bonds. The second-order valence-electron chi connectivity index (χ2n) is 9.47. The van der Waals surface area contributed by atoms with Crippen molar-refractivity contribution in [2.75, 3.05) is 19.0 Å². The summed E-state index contributed by atoms with van der Waals surface area (Å²) in [5, 5.41) is 3.39. The van der Waals surface area contributed by atoms with Gasteiger partial charge in [0.25, 0.3) is 0 Å². The predicted octanol–water partition coefficient (Wildman–Crippen LogP) is 7.64. The maximum atomic E-state index is 13.4. The number of carbonyl (C=O) groups is 2. The Kier molecular flexibility index (Phi) is 9.74. The van der Waals surface area contributed by atoms with Crippen molar-refractivity contribution in [1.82, 2.24) is 9.88 Å². The summed E-state index contributed by atoms with van der Waals surface area (Å²) in [7, 11) is 1.37. The average molecular weight is 562 g/mol. The standard InChI is InChI=1S/C31H32ClN3O3S/c1-21(2)35(19-18-26(23-10-6-4-7-11-23)24-12-8-5-9-13-24)31(37)34-30-33-28(29(32)39-30)25-16-14-22(15-17-25)20-27(36)38-3/h4-17,21,26H,18-20H2,1-3H3,(H,33,34,37). The van der Waals surface area contributed by atoms with Gasteiger partial charge in [0, 0.05) is 24.1 Å². The van der Waals surface area contributed by atoms with Gasteiger partial charge in [-0.3, -0.25) is 10.1 Å². The highest BCUT2D eigenvalue weighted by atomic mass is 35.5. The molecule has 0 unspecified atom stereocenters. The Morgan fingerprint density at radius 3 is 2.08 bits per heavy atom. The Balaban J connectivity index is 1.46. The van der Waals surface area contributed by atoms with Gasteiger partial charge in [0.15, 0.2) is 5.13 Å². The molecule has 0 saturated carbocycles. The molecule has 8 heteroatoms. The van der Waals surface area contributed by atoms with Crippen LogP contribution in [0.2, 0.25) is 4.34 Å². The summed E-state index contributed by atoms with van der Waals surface area (Å²) >= 11 is 7.73. The van der Waals surface area contributed by atoms with Crippen molar-refractivity contribution < 1.29 is 14.3 Å². The summed E-state index contributed by atoms with van der Waals surface area (Å²) in [6.45, 7) is 4.59. The molecule has 0 spiro atoms. The first kappa shape index (κ1) is 28.3. The topological polar surface area (TPSA) is 71.5 Å². The molecule has 0 saturated heterocycles. The lowest BCUT2D eigenvalue weighted by atomic mass is 9.88. The van der Waals surface area contributed by atoms with Crippen LogP contribution in [0.5, 0.6) is 0 Å². The van der Waals surface area contributed by atoms with E-state index in [0.29, 0.717) is 21.7 Å². The lowest BCUT2D eigenvalue weighted by Crippen LogP contribution is -2.41. The number of esters is 1. The van der Waals surface area contributed by atoms with E-state index in [4.69, 9.17) is 16.3 Å². The van der Waals surface area contributed by atoms with E-state index in [-0.39, 0.29) is 30.4 Å². The molecular weight excluding hydrogens is 530 g/mol. The van der Waals surface area contributed by atoms with Crippen molar-refractivity contribution in [3.05, 3.63) is 106 Å². The van der Waals surface area contributed by atoms with E-state index in [2.05, 4.69) is 58.8 Å². The molecule has 202 valence electrons. The van der Waals surface area contributed by atoms with E-state index in [9.17, 15) is 9.59 Å². The molecule has 4 aromatic rings. The first-order valence-electron chi connectivity index (χ1n) is 12.9. The number of thiazole rings is 1. The number of ether oxygens (including phenoxy) is 1. The van der Waals surface area contributed by atoms with Gasteiger partial charge in [0.2, 0.25) is 0 Å². The van der Waals surface area contributed by atoms with E-state index in [1.165, 1.54) is 29.6 Å². The molecule has 0 radical (unpaired) electrons. The minimum absolute atomic E-state index is 0.00513. The average Bonchev–Trinajstić information content (AvgIpc) is 3.31. The highest BCUT2D eigenvalue weighted by Gasteiger charge is 2.23. The van der Waals surface area contributed by atoms with E-state index in [0.717, 1.165) is 17.5 Å². The van der Waals surface area contributed by atoms with Crippen molar-refractivity contribution in [3.63, 3.8) is 0 Å². The van der Waals surface area contributed by atoms with Crippen molar-refractivity contribution in [2.45, 2.75) is 38.6 Å². The Labute approximate surface area is 238 Å². The Morgan fingerprint density at radius 1 is 0.949 bits per heavy atom. The van der Waals surface area contributed by atoms with Gasteiger partial charge in [-0.05, 0) is 37.0 Å². The van der Waals surface area contributed by atoms with E-state index in [1.54, 1.807) is 0 Å². The van der Waals surface area contributed by atoms with E-state index < -0.39 is 0 Å². The maximum absolute atomic E-state index is 13.4. The minimum atomic E-state index is -0.298. The molecular formula is C31H32ClN3O3S. The smallest absolute Gasteiger partial charge is 0.323 e. The van der Waals surface area contributed by atoms with Crippen LogP contribution in [0, 0.1) is 0 Å². The van der Waals surface area contributed by atoms with Crippen LogP contribution in [-0.2, 0) is 16.0 Å².